The third kappa shape index (κ3) is 3.35. The second-order valence-electron chi connectivity index (χ2n) is 4.41. The van der Waals surface area contributed by atoms with Crippen LogP contribution in [0.2, 0.25) is 0 Å². The lowest BCUT2D eigenvalue weighted by Gasteiger charge is -2.20. The molecule has 0 unspecified atom stereocenters. The van der Waals surface area contributed by atoms with Gasteiger partial charge in [0.05, 0.1) is 6.42 Å². The minimum Gasteiger partial charge on any atom is -0.345 e. The molecule has 0 bridgehead atoms. The molecular weight excluding hydrogens is 307 g/mol. The van der Waals surface area contributed by atoms with Gasteiger partial charge < -0.3 is 4.98 Å². The first-order chi connectivity index (χ1) is 9.75. The van der Waals surface area contributed by atoms with E-state index in [0.717, 1.165) is 4.31 Å². The maximum absolute atomic E-state index is 12.5. The third-order valence-electron chi connectivity index (χ3n) is 3.03. The van der Waals surface area contributed by atoms with E-state index in [1.54, 1.807) is 12.1 Å². The van der Waals surface area contributed by atoms with Gasteiger partial charge in [0.15, 0.2) is 0 Å². The Morgan fingerprint density at radius 1 is 1.38 bits per heavy atom. The Morgan fingerprint density at radius 2 is 2.10 bits per heavy atom. The van der Waals surface area contributed by atoms with Crippen molar-refractivity contribution in [2.75, 3.05) is 13.1 Å². The summed E-state index contributed by atoms with van der Waals surface area (Å²) in [5, 5.41) is 0.364. The van der Waals surface area contributed by atoms with Gasteiger partial charge in [-0.15, -0.1) is 0 Å². The van der Waals surface area contributed by atoms with Crippen LogP contribution < -0.4 is 0 Å². The number of sulfonamides is 1. The fourth-order valence-electron chi connectivity index (χ4n) is 1.98. The highest BCUT2D eigenvalue weighted by molar-refractivity contribution is 7.89. The van der Waals surface area contributed by atoms with Crippen LogP contribution in [0, 0.1) is 0 Å². The maximum Gasteiger partial charge on any atom is 0.390 e. The first kappa shape index (κ1) is 15.8. The molecule has 0 radical (unpaired) electrons. The van der Waals surface area contributed by atoms with E-state index in [0.29, 0.717) is 11.0 Å². The van der Waals surface area contributed by atoms with Gasteiger partial charge in [0.2, 0.25) is 10.0 Å². The van der Waals surface area contributed by atoms with E-state index >= 15 is 0 Å². The van der Waals surface area contributed by atoms with Gasteiger partial charge in [-0.3, -0.25) is 0 Å². The number of nitrogens with one attached hydrogen (secondary N) is 1. The van der Waals surface area contributed by atoms with Gasteiger partial charge in [0.25, 0.3) is 0 Å². The first-order valence-electron chi connectivity index (χ1n) is 6.24. The average molecular weight is 321 g/mol. The predicted molar refractivity (Wildman–Crippen MR) is 71.2 cm³/mol. The van der Waals surface area contributed by atoms with Crippen molar-refractivity contribution in [1.29, 1.82) is 0 Å². The van der Waals surface area contributed by atoms with Gasteiger partial charge in [-0.25, -0.2) is 13.4 Å². The lowest BCUT2D eigenvalue weighted by Crippen LogP contribution is -2.34. The molecular formula is C12H14F3N3O2S. The number of aromatic amines is 1. The summed E-state index contributed by atoms with van der Waals surface area (Å²) < 4.78 is 62.6. The van der Waals surface area contributed by atoms with Crippen molar-refractivity contribution in [3.05, 3.63) is 24.5 Å². The number of rotatable bonds is 5. The number of hydrogen-bond donors (Lipinski definition) is 1. The van der Waals surface area contributed by atoms with E-state index < -0.39 is 29.2 Å². The minimum atomic E-state index is -4.40. The van der Waals surface area contributed by atoms with Gasteiger partial charge in [-0.05, 0) is 12.1 Å². The van der Waals surface area contributed by atoms with Crippen molar-refractivity contribution < 1.29 is 21.6 Å². The quantitative estimate of drug-likeness (QED) is 0.920. The molecule has 0 fully saturated rings. The molecule has 5 nitrogen and oxygen atoms in total. The highest BCUT2D eigenvalue weighted by Crippen LogP contribution is 2.26. The van der Waals surface area contributed by atoms with Gasteiger partial charge in [0, 0.05) is 30.9 Å². The van der Waals surface area contributed by atoms with Crippen LogP contribution in [-0.2, 0) is 10.0 Å². The Hall–Kier alpha value is -1.61. The lowest BCUT2D eigenvalue weighted by molar-refractivity contribution is -0.135. The Balaban J connectivity index is 2.35. The summed E-state index contributed by atoms with van der Waals surface area (Å²) in [6.07, 6.45) is -2.83. The van der Waals surface area contributed by atoms with E-state index in [4.69, 9.17) is 0 Å². The van der Waals surface area contributed by atoms with E-state index in [2.05, 4.69) is 9.97 Å². The van der Waals surface area contributed by atoms with Crippen molar-refractivity contribution in [1.82, 2.24) is 14.3 Å². The predicted octanol–water partition coefficient (Wildman–Crippen LogP) is 2.53. The highest BCUT2D eigenvalue weighted by Gasteiger charge is 2.32. The summed E-state index contributed by atoms with van der Waals surface area (Å²) in [5.74, 6) is 0. The minimum absolute atomic E-state index is 0.0364. The zero-order chi connectivity index (χ0) is 15.7. The molecule has 0 aliphatic rings. The van der Waals surface area contributed by atoms with Crippen LogP contribution in [0.15, 0.2) is 29.4 Å². The van der Waals surface area contributed by atoms with E-state index in [-0.39, 0.29) is 11.4 Å². The molecule has 0 atom stereocenters. The number of pyridine rings is 1. The maximum atomic E-state index is 12.5. The molecule has 0 aromatic carbocycles. The Morgan fingerprint density at radius 3 is 2.71 bits per heavy atom. The molecule has 0 aliphatic heterocycles. The summed E-state index contributed by atoms with van der Waals surface area (Å²) >= 11 is 0. The van der Waals surface area contributed by atoms with Crippen molar-refractivity contribution in [2.24, 2.45) is 0 Å². The fraction of sp³-hybridized carbons (Fsp3) is 0.417. The molecule has 2 heterocycles. The zero-order valence-corrected chi connectivity index (χ0v) is 12.0. The highest BCUT2D eigenvalue weighted by atomic mass is 32.2. The van der Waals surface area contributed by atoms with Crippen LogP contribution in [0.3, 0.4) is 0 Å². The summed E-state index contributed by atoms with van der Waals surface area (Å²) in [6, 6.07) is 3.13. The Bertz CT molecular complexity index is 725. The normalized spacial score (nSPS) is 13.2. The van der Waals surface area contributed by atoms with Crippen LogP contribution >= 0.6 is 0 Å². The van der Waals surface area contributed by atoms with Crippen molar-refractivity contribution in [2.45, 2.75) is 24.4 Å². The van der Waals surface area contributed by atoms with E-state index in [9.17, 15) is 21.6 Å². The number of H-pyrrole nitrogens is 1. The third-order valence-corrected chi connectivity index (χ3v) is 5.04. The van der Waals surface area contributed by atoms with Crippen LogP contribution in [-0.4, -0.2) is 42.0 Å². The summed E-state index contributed by atoms with van der Waals surface area (Å²) in [7, 11) is -3.99. The van der Waals surface area contributed by atoms with Crippen molar-refractivity contribution in [3.63, 3.8) is 0 Å². The van der Waals surface area contributed by atoms with Gasteiger partial charge in [-0.2, -0.15) is 17.5 Å². The van der Waals surface area contributed by atoms with Gasteiger partial charge >= 0.3 is 6.18 Å². The van der Waals surface area contributed by atoms with E-state index in [1.807, 2.05) is 0 Å². The molecule has 2 aromatic rings. The smallest absolute Gasteiger partial charge is 0.345 e. The topological polar surface area (TPSA) is 66.1 Å². The Labute approximate surface area is 119 Å². The number of nitrogens with zero attached hydrogens (tertiary/aromatic N) is 2. The SMILES string of the molecule is CCN(CCC(F)(F)F)S(=O)(=O)c1c[nH]c2ncccc12. The van der Waals surface area contributed by atoms with Crippen LogP contribution in [0.5, 0.6) is 0 Å². The van der Waals surface area contributed by atoms with Crippen molar-refractivity contribution in [3.8, 4) is 0 Å². The molecule has 0 saturated carbocycles. The van der Waals surface area contributed by atoms with Gasteiger partial charge in [0.1, 0.15) is 10.5 Å². The summed E-state index contributed by atoms with van der Waals surface area (Å²) in [4.78, 5) is 6.61. The molecule has 0 spiro atoms. The summed E-state index contributed by atoms with van der Waals surface area (Å²) in [5.41, 5.74) is 0.378. The number of halogens is 3. The van der Waals surface area contributed by atoms with Crippen LogP contribution in [0.4, 0.5) is 13.2 Å². The number of aromatic nitrogens is 2. The zero-order valence-electron chi connectivity index (χ0n) is 11.2. The second-order valence-corrected chi connectivity index (χ2v) is 6.32. The second kappa shape index (κ2) is 5.64. The summed E-state index contributed by atoms with van der Waals surface area (Å²) in [6.45, 7) is 0.863. The van der Waals surface area contributed by atoms with Gasteiger partial charge in [-0.1, -0.05) is 6.92 Å². The number of hydrogen-bond acceptors (Lipinski definition) is 3. The Kier molecular flexibility index (Phi) is 4.24. The molecule has 21 heavy (non-hydrogen) atoms. The molecule has 116 valence electrons. The molecule has 2 rings (SSSR count). The molecule has 9 heteroatoms. The monoisotopic (exact) mass is 321 g/mol. The number of alkyl halides is 3. The van der Waals surface area contributed by atoms with Crippen molar-refractivity contribution >= 4 is 21.1 Å². The van der Waals surface area contributed by atoms with Crippen LogP contribution in [0.25, 0.3) is 11.0 Å². The van der Waals surface area contributed by atoms with E-state index in [1.165, 1.54) is 19.3 Å². The molecule has 0 aliphatic carbocycles. The first-order valence-corrected chi connectivity index (χ1v) is 7.68. The largest absolute Gasteiger partial charge is 0.390 e. The number of fused-ring (bicyclic) bond motifs is 1. The lowest BCUT2D eigenvalue weighted by atomic mass is 10.3. The average Bonchev–Trinajstić information content (AvgIpc) is 2.82. The molecule has 1 N–H and O–H groups in total. The fourth-order valence-corrected chi connectivity index (χ4v) is 3.58. The molecule has 0 amide bonds. The molecule has 2 aromatic heterocycles. The molecule has 0 saturated heterocycles. The van der Waals surface area contributed by atoms with Crippen LogP contribution in [0.1, 0.15) is 13.3 Å². The standard InChI is InChI=1S/C12H14F3N3O2S/c1-2-18(7-5-12(13,14)15)21(19,20)10-8-17-11-9(10)4-3-6-16-11/h3-4,6,8H,2,5,7H2,1H3,(H,16,17).